The minimum atomic E-state index is -4.39. The van der Waals surface area contributed by atoms with Gasteiger partial charge in [0.1, 0.15) is 15.5 Å². The van der Waals surface area contributed by atoms with Crippen LogP contribution in [0.3, 0.4) is 0 Å². The van der Waals surface area contributed by atoms with Crippen molar-refractivity contribution in [3.05, 3.63) is 29.6 Å². The molecule has 2 aliphatic rings. The maximum absolute atomic E-state index is 12.7. The molecule has 0 unspecified atom stereocenters. The Morgan fingerprint density at radius 1 is 1.21 bits per heavy atom. The fourth-order valence-electron chi connectivity index (χ4n) is 4.89. The van der Waals surface area contributed by atoms with Crippen LogP contribution < -0.4 is 0 Å². The van der Waals surface area contributed by atoms with Gasteiger partial charge in [-0.15, -0.1) is 0 Å². The molecule has 1 saturated heterocycles. The van der Waals surface area contributed by atoms with Crippen LogP contribution in [0.15, 0.2) is 18.3 Å². The highest BCUT2D eigenvalue weighted by Gasteiger charge is 2.36. The second-order valence-electron chi connectivity index (χ2n) is 9.24. The van der Waals surface area contributed by atoms with Gasteiger partial charge in [-0.1, -0.05) is 13.0 Å². The second kappa shape index (κ2) is 8.53. The summed E-state index contributed by atoms with van der Waals surface area (Å²) < 4.78 is 61.2. The number of aromatic nitrogens is 1. The highest BCUT2D eigenvalue weighted by molar-refractivity contribution is 7.90. The minimum absolute atomic E-state index is 0.0372. The van der Waals surface area contributed by atoms with Crippen LogP contribution in [-0.2, 0) is 16.0 Å². The standard InChI is InChI=1S/C21H31F3N2O2S/c1-20(11-13-29(2,27)28)10-3-12-26(15-20)18-7-4-16(5-8-18)17-6-9-19(25-14-17)21(22,23)24/h6,9,14,16,18H,3-5,7-8,10-13,15H2,1-2H3/t16?,18?,20-/m1/s1. The molecule has 29 heavy (non-hydrogen) atoms. The molecule has 1 aromatic heterocycles. The summed E-state index contributed by atoms with van der Waals surface area (Å²) in [6, 6.07) is 3.13. The predicted molar refractivity (Wildman–Crippen MR) is 107 cm³/mol. The van der Waals surface area contributed by atoms with Crippen molar-refractivity contribution < 1.29 is 21.6 Å². The molecule has 0 spiro atoms. The first-order valence-corrected chi connectivity index (χ1v) is 12.5. The van der Waals surface area contributed by atoms with Gasteiger partial charge in [0.05, 0.1) is 5.75 Å². The third-order valence-electron chi connectivity index (χ3n) is 6.65. The largest absolute Gasteiger partial charge is 0.433 e. The quantitative estimate of drug-likeness (QED) is 0.679. The van der Waals surface area contributed by atoms with E-state index in [4.69, 9.17) is 0 Å². The van der Waals surface area contributed by atoms with E-state index < -0.39 is 21.7 Å². The summed E-state index contributed by atoms with van der Waals surface area (Å²) in [5.41, 5.74) is 0.0971. The Kier molecular flexibility index (Phi) is 6.63. The van der Waals surface area contributed by atoms with Crippen LogP contribution in [0.1, 0.15) is 69.0 Å². The van der Waals surface area contributed by atoms with Crippen molar-refractivity contribution in [2.24, 2.45) is 5.41 Å². The molecule has 3 rings (SSSR count). The van der Waals surface area contributed by atoms with Crippen molar-refractivity contribution in [1.29, 1.82) is 0 Å². The van der Waals surface area contributed by atoms with Gasteiger partial charge in [-0.05, 0) is 74.5 Å². The third kappa shape index (κ3) is 6.17. The minimum Gasteiger partial charge on any atom is -0.300 e. The zero-order chi connectivity index (χ0) is 21.3. The lowest BCUT2D eigenvalue weighted by Crippen LogP contribution is -2.48. The molecule has 4 nitrogen and oxygen atoms in total. The van der Waals surface area contributed by atoms with E-state index in [1.807, 2.05) is 0 Å². The van der Waals surface area contributed by atoms with Gasteiger partial charge in [0.2, 0.25) is 0 Å². The van der Waals surface area contributed by atoms with Gasteiger partial charge in [0, 0.05) is 25.0 Å². The first-order valence-electron chi connectivity index (χ1n) is 10.4. The maximum Gasteiger partial charge on any atom is 0.433 e. The lowest BCUT2D eigenvalue weighted by Gasteiger charge is -2.46. The molecule has 0 N–H and O–H groups in total. The lowest BCUT2D eigenvalue weighted by molar-refractivity contribution is -0.141. The number of hydrogen-bond donors (Lipinski definition) is 0. The molecule has 2 heterocycles. The Labute approximate surface area is 171 Å². The van der Waals surface area contributed by atoms with Gasteiger partial charge in [-0.25, -0.2) is 8.42 Å². The number of alkyl halides is 3. The average Bonchev–Trinajstić information content (AvgIpc) is 2.66. The molecule has 1 saturated carbocycles. The number of hydrogen-bond acceptors (Lipinski definition) is 4. The van der Waals surface area contributed by atoms with E-state index in [1.54, 1.807) is 6.07 Å². The van der Waals surface area contributed by atoms with E-state index in [1.165, 1.54) is 12.5 Å². The molecule has 1 aromatic rings. The Morgan fingerprint density at radius 2 is 1.90 bits per heavy atom. The highest BCUT2D eigenvalue weighted by atomic mass is 32.2. The number of halogens is 3. The van der Waals surface area contributed by atoms with Crippen LogP contribution in [0.2, 0.25) is 0 Å². The Hall–Kier alpha value is -1.15. The smallest absolute Gasteiger partial charge is 0.300 e. The van der Waals surface area contributed by atoms with Crippen LogP contribution in [0.4, 0.5) is 13.2 Å². The van der Waals surface area contributed by atoms with Crippen molar-refractivity contribution in [3.8, 4) is 0 Å². The van der Waals surface area contributed by atoms with Gasteiger partial charge in [-0.2, -0.15) is 13.2 Å². The van der Waals surface area contributed by atoms with Crippen molar-refractivity contribution in [1.82, 2.24) is 9.88 Å². The summed E-state index contributed by atoms with van der Waals surface area (Å²) in [6.07, 6.45) is 5.09. The van der Waals surface area contributed by atoms with Crippen LogP contribution in [0.5, 0.6) is 0 Å². The molecule has 0 radical (unpaired) electrons. The molecule has 0 aromatic carbocycles. The lowest BCUT2D eigenvalue weighted by atomic mass is 9.76. The zero-order valence-electron chi connectivity index (χ0n) is 17.2. The summed E-state index contributed by atoms with van der Waals surface area (Å²) in [6.45, 7) is 4.18. The molecule has 0 bridgehead atoms. The summed E-state index contributed by atoms with van der Waals surface area (Å²) in [5, 5.41) is 0. The Balaban J connectivity index is 1.55. The van der Waals surface area contributed by atoms with Gasteiger partial charge in [0.15, 0.2) is 0 Å². The van der Waals surface area contributed by atoms with Crippen molar-refractivity contribution in [2.45, 2.75) is 70.0 Å². The van der Waals surface area contributed by atoms with E-state index in [2.05, 4.69) is 16.8 Å². The van der Waals surface area contributed by atoms with E-state index in [0.717, 1.165) is 63.2 Å². The number of piperidine rings is 1. The summed E-state index contributed by atoms with van der Waals surface area (Å²) in [4.78, 5) is 6.13. The zero-order valence-corrected chi connectivity index (χ0v) is 18.0. The third-order valence-corrected chi connectivity index (χ3v) is 7.59. The highest BCUT2D eigenvalue weighted by Crippen LogP contribution is 2.39. The number of rotatable bonds is 5. The molecule has 2 fully saturated rings. The number of nitrogens with zero attached hydrogens (tertiary/aromatic N) is 2. The molecular formula is C21H31F3N2O2S. The summed E-state index contributed by atoms with van der Waals surface area (Å²) >= 11 is 0. The van der Waals surface area contributed by atoms with Gasteiger partial charge in [-0.3, -0.25) is 9.88 Å². The first-order chi connectivity index (χ1) is 13.5. The van der Waals surface area contributed by atoms with Crippen LogP contribution in [0.25, 0.3) is 0 Å². The van der Waals surface area contributed by atoms with Crippen LogP contribution in [-0.4, -0.2) is 49.4 Å². The topological polar surface area (TPSA) is 50.3 Å². The fraction of sp³-hybridized carbons (Fsp3) is 0.762. The van der Waals surface area contributed by atoms with Crippen molar-refractivity contribution in [3.63, 3.8) is 0 Å². The number of likely N-dealkylation sites (tertiary alicyclic amines) is 1. The summed E-state index contributed by atoms with van der Waals surface area (Å²) in [7, 11) is -2.95. The normalized spacial score (nSPS) is 29.7. The molecular weight excluding hydrogens is 401 g/mol. The molecule has 1 atom stereocenters. The van der Waals surface area contributed by atoms with Crippen LogP contribution in [0, 0.1) is 5.41 Å². The molecule has 1 aliphatic heterocycles. The average molecular weight is 433 g/mol. The Morgan fingerprint density at radius 3 is 2.45 bits per heavy atom. The Bertz CT molecular complexity index is 787. The van der Waals surface area contributed by atoms with E-state index in [0.29, 0.717) is 12.5 Å². The van der Waals surface area contributed by atoms with E-state index in [9.17, 15) is 21.6 Å². The van der Waals surface area contributed by atoms with Crippen LogP contribution >= 0.6 is 0 Å². The molecule has 8 heteroatoms. The number of sulfone groups is 1. The molecule has 164 valence electrons. The maximum atomic E-state index is 12.7. The second-order valence-corrected chi connectivity index (χ2v) is 11.5. The molecule has 1 aliphatic carbocycles. The van der Waals surface area contributed by atoms with Gasteiger partial charge >= 0.3 is 6.18 Å². The SMILES string of the molecule is C[C@]1(CCS(C)(=O)=O)CCCN(C2CCC(c3ccc(C(F)(F)F)nc3)CC2)C1. The monoisotopic (exact) mass is 432 g/mol. The predicted octanol–water partition coefficient (Wildman–Crippen LogP) is 4.66. The van der Waals surface area contributed by atoms with Crippen molar-refractivity contribution in [2.75, 3.05) is 25.1 Å². The number of pyridine rings is 1. The molecule has 0 amide bonds. The van der Waals surface area contributed by atoms with Gasteiger partial charge in [0.25, 0.3) is 0 Å². The van der Waals surface area contributed by atoms with Gasteiger partial charge < -0.3 is 0 Å². The van der Waals surface area contributed by atoms with E-state index >= 15 is 0 Å². The summed E-state index contributed by atoms with van der Waals surface area (Å²) in [5.74, 6) is 0.507. The van der Waals surface area contributed by atoms with E-state index in [-0.39, 0.29) is 17.1 Å². The van der Waals surface area contributed by atoms with Crippen molar-refractivity contribution >= 4 is 9.84 Å². The first kappa shape index (κ1) is 22.5. The fourth-order valence-corrected chi connectivity index (χ4v) is 5.76.